The molecule has 2 rings (SSSR count). The lowest BCUT2D eigenvalue weighted by molar-refractivity contribution is 0.111. The fourth-order valence-electron chi connectivity index (χ4n) is 1.61. The summed E-state index contributed by atoms with van der Waals surface area (Å²) in [6.45, 7) is 0. The van der Waals surface area contributed by atoms with E-state index >= 15 is 0 Å². The zero-order chi connectivity index (χ0) is 13.2. The molecule has 0 bridgehead atoms. The van der Waals surface area contributed by atoms with Gasteiger partial charge in [-0.2, -0.15) is 0 Å². The number of rotatable bonds is 3. The number of phenolic OH excluding ortho intramolecular Hbond substituents is 1. The Bertz CT molecular complexity index is 675. The highest BCUT2D eigenvalue weighted by Gasteiger charge is 2.22. The molecule has 0 aromatic heterocycles. The summed E-state index contributed by atoms with van der Waals surface area (Å²) in [7, 11) is -3.80. The second kappa shape index (κ2) is 4.62. The third-order valence-electron chi connectivity index (χ3n) is 2.50. The lowest BCUT2D eigenvalue weighted by Crippen LogP contribution is -2.05. The van der Waals surface area contributed by atoms with E-state index in [0.29, 0.717) is 6.29 Å². The molecule has 0 aliphatic rings. The number of carbonyl (C=O) groups excluding carboxylic acids is 1. The van der Waals surface area contributed by atoms with Gasteiger partial charge in [0.05, 0.1) is 15.4 Å². The standard InChI is InChI=1S/C13H10O4S/c14-9-11-12(15)7-4-8-13(11)18(16,17)10-5-2-1-3-6-10/h1-9,15H. The number of benzene rings is 2. The van der Waals surface area contributed by atoms with Crippen molar-refractivity contribution in [2.45, 2.75) is 9.79 Å². The predicted octanol–water partition coefficient (Wildman–Crippen LogP) is 2.04. The van der Waals surface area contributed by atoms with Crippen molar-refractivity contribution in [3.63, 3.8) is 0 Å². The Morgan fingerprint density at radius 1 is 0.944 bits per heavy atom. The monoisotopic (exact) mass is 262 g/mol. The summed E-state index contributed by atoms with van der Waals surface area (Å²) in [5, 5.41) is 9.51. The fourth-order valence-corrected chi connectivity index (χ4v) is 3.08. The predicted molar refractivity (Wildman–Crippen MR) is 65.4 cm³/mol. The van der Waals surface area contributed by atoms with E-state index in [1.807, 2.05) is 0 Å². The minimum absolute atomic E-state index is 0.0821. The molecule has 2 aromatic rings. The molecule has 0 heterocycles. The SMILES string of the molecule is O=Cc1c(O)cccc1S(=O)(=O)c1ccccc1. The maximum atomic E-state index is 12.3. The summed E-state index contributed by atoms with van der Waals surface area (Å²) in [5.41, 5.74) is -0.221. The molecule has 1 N–H and O–H groups in total. The van der Waals surface area contributed by atoms with Crippen LogP contribution < -0.4 is 0 Å². The van der Waals surface area contributed by atoms with Crippen LogP contribution in [0.3, 0.4) is 0 Å². The van der Waals surface area contributed by atoms with E-state index in [2.05, 4.69) is 0 Å². The molecular weight excluding hydrogens is 252 g/mol. The highest BCUT2D eigenvalue weighted by atomic mass is 32.2. The quantitative estimate of drug-likeness (QED) is 0.859. The number of sulfone groups is 1. The summed E-state index contributed by atoms with van der Waals surface area (Å²) in [6.07, 6.45) is 0.338. The number of aldehydes is 1. The van der Waals surface area contributed by atoms with Gasteiger partial charge in [0.2, 0.25) is 9.84 Å². The second-order valence-electron chi connectivity index (χ2n) is 3.62. The van der Waals surface area contributed by atoms with Crippen molar-refractivity contribution < 1.29 is 18.3 Å². The summed E-state index contributed by atoms with van der Waals surface area (Å²) < 4.78 is 24.6. The van der Waals surface area contributed by atoms with Crippen LogP contribution in [-0.2, 0) is 9.84 Å². The first-order valence-corrected chi connectivity index (χ1v) is 6.63. The van der Waals surface area contributed by atoms with Gasteiger partial charge in [0.25, 0.3) is 0 Å². The average molecular weight is 262 g/mol. The Hall–Kier alpha value is -2.14. The normalized spacial score (nSPS) is 11.1. The number of hydrogen-bond acceptors (Lipinski definition) is 4. The van der Waals surface area contributed by atoms with Crippen molar-refractivity contribution in [3.8, 4) is 5.75 Å². The van der Waals surface area contributed by atoms with Crippen LogP contribution in [0.5, 0.6) is 5.75 Å². The summed E-state index contributed by atoms with van der Waals surface area (Å²) in [4.78, 5) is 10.8. The van der Waals surface area contributed by atoms with E-state index in [1.54, 1.807) is 18.2 Å². The molecule has 0 spiro atoms. The maximum Gasteiger partial charge on any atom is 0.207 e. The van der Waals surface area contributed by atoms with Gasteiger partial charge in [-0.1, -0.05) is 24.3 Å². The molecule has 0 fully saturated rings. The van der Waals surface area contributed by atoms with Gasteiger partial charge in [0, 0.05) is 0 Å². The molecule has 0 saturated heterocycles. The van der Waals surface area contributed by atoms with E-state index in [-0.39, 0.29) is 21.1 Å². The zero-order valence-electron chi connectivity index (χ0n) is 9.28. The minimum Gasteiger partial charge on any atom is -0.507 e. The second-order valence-corrected chi connectivity index (χ2v) is 5.54. The maximum absolute atomic E-state index is 12.3. The van der Waals surface area contributed by atoms with Crippen molar-refractivity contribution in [3.05, 3.63) is 54.1 Å². The van der Waals surface area contributed by atoms with Gasteiger partial charge in [-0.3, -0.25) is 4.79 Å². The smallest absolute Gasteiger partial charge is 0.207 e. The number of phenols is 1. The van der Waals surface area contributed by atoms with Crippen LogP contribution in [0.4, 0.5) is 0 Å². The molecule has 5 heteroatoms. The molecule has 4 nitrogen and oxygen atoms in total. The average Bonchev–Trinajstić information content (AvgIpc) is 2.39. The molecule has 0 amide bonds. The molecular formula is C13H10O4S. The van der Waals surface area contributed by atoms with Crippen LogP contribution in [0.15, 0.2) is 58.3 Å². The van der Waals surface area contributed by atoms with E-state index in [1.165, 1.54) is 30.3 Å². The topological polar surface area (TPSA) is 71.4 Å². The molecule has 0 saturated carbocycles. The Balaban J connectivity index is 2.70. The highest BCUT2D eigenvalue weighted by Crippen LogP contribution is 2.27. The Morgan fingerprint density at radius 2 is 1.61 bits per heavy atom. The first-order chi connectivity index (χ1) is 8.57. The summed E-state index contributed by atoms with van der Waals surface area (Å²) in [6, 6.07) is 11.7. The molecule has 92 valence electrons. The molecule has 0 unspecified atom stereocenters. The van der Waals surface area contributed by atoms with Crippen molar-refractivity contribution >= 4 is 16.1 Å². The molecule has 0 radical (unpaired) electrons. The van der Waals surface area contributed by atoms with Gasteiger partial charge in [-0.25, -0.2) is 8.42 Å². The van der Waals surface area contributed by atoms with E-state index in [9.17, 15) is 18.3 Å². The number of aromatic hydroxyl groups is 1. The van der Waals surface area contributed by atoms with Crippen molar-refractivity contribution in [2.75, 3.05) is 0 Å². The number of hydrogen-bond donors (Lipinski definition) is 1. The number of carbonyl (C=O) groups is 1. The fraction of sp³-hybridized carbons (Fsp3) is 0. The summed E-state index contributed by atoms with van der Waals surface area (Å²) in [5.74, 6) is -0.345. The third kappa shape index (κ3) is 2.00. The Morgan fingerprint density at radius 3 is 2.22 bits per heavy atom. The molecule has 0 aliphatic carbocycles. The lowest BCUT2D eigenvalue weighted by Gasteiger charge is -2.07. The zero-order valence-corrected chi connectivity index (χ0v) is 10.1. The first kappa shape index (κ1) is 12.3. The first-order valence-electron chi connectivity index (χ1n) is 5.14. The molecule has 0 atom stereocenters. The van der Waals surface area contributed by atoms with Gasteiger partial charge in [-0.05, 0) is 24.3 Å². The van der Waals surface area contributed by atoms with E-state index < -0.39 is 9.84 Å². The largest absolute Gasteiger partial charge is 0.507 e. The van der Waals surface area contributed by atoms with Crippen LogP contribution >= 0.6 is 0 Å². The van der Waals surface area contributed by atoms with Gasteiger partial charge < -0.3 is 5.11 Å². The minimum atomic E-state index is -3.80. The Labute approximate surface area is 104 Å². The van der Waals surface area contributed by atoms with Crippen LogP contribution in [0.1, 0.15) is 10.4 Å². The van der Waals surface area contributed by atoms with Gasteiger partial charge >= 0.3 is 0 Å². The van der Waals surface area contributed by atoms with Crippen LogP contribution in [0, 0.1) is 0 Å². The third-order valence-corrected chi connectivity index (χ3v) is 4.33. The van der Waals surface area contributed by atoms with Crippen molar-refractivity contribution in [1.29, 1.82) is 0 Å². The van der Waals surface area contributed by atoms with Gasteiger partial charge in [-0.15, -0.1) is 0 Å². The lowest BCUT2D eigenvalue weighted by atomic mass is 10.2. The van der Waals surface area contributed by atoms with E-state index in [0.717, 1.165) is 0 Å². The van der Waals surface area contributed by atoms with Crippen LogP contribution in [0.2, 0.25) is 0 Å². The van der Waals surface area contributed by atoms with Crippen molar-refractivity contribution in [1.82, 2.24) is 0 Å². The van der Waals surface area contributed by atoms with Crippen LogP contribution in [-0.4, -0.2) is 19.8 Å². The van der Waals surface area contributed by atoms with E-state index in [4.69, 9.17) is 0 Å². The van der Waals surface area contributed by atoms with Gasteiger partial charge in [0.15, 0.2) is 6.29 Å². The van der Waals surface area contributed by atoms with Gasteiger partial charge in [0.1, 0.15) is 5.75 Å². The summed E-state index contributed by atoms with van der Waals surface area (Å²) >= 11 is 0. The molecule has 18 heavy (non-hydrogen) atoms. The Kier molecular flexibility index (Phi) is 3.16. The highest BCUT2D eigenvalue weighted by molar-refractivity contribution is 7.91. The van der Waals surface area contributed by atoms with Crippen molar-refractivity contribution in [2.24, 2.45) is 0 Å². The van der Waals surface area contributed by atoms with Crippen LogP contribution in [0.25, 0.3) is 0 Å². The molecule has 0 aliphatic heterocycles. The molecule has 2 aromatic carbocycles.